The highest BCUT2D eigenvalue weighted by Crippen LogP contribution is 2.28. The van der Waals surface area contributed by atoms with Crippen molar-refractivity contribution in [1.29, 1.82) is 0 Å². The van der Waals surface area contributed by atoms with Gasteiger partial charge >= 0.3 is 0 Å². The van der Waals surface area contributed by atoms with E-state index in [4.69, 9.17) is 5.73 Å². The van der Waals surface area contributed by atoms with Gasteiger partial charge in [0, 0.05) is 23.8 Å². The molecule has 1 heterocycles. The molecule has 2 aromatic rings. The average Bonchev–Trinajstić information content (AvgIpc) is 2.33. The van der Waals surface area contributed by atoms with Gasteiger partial charge in [-0.2, -0.15) is 0 Å². The summed E-state index contributed by atoms with van der Waals surface area (Å²) in [6.07, 6.45) is 5.12. The van der Waals surface area contributed by atoms with Crippen LogP contribution in [0, 0.1) is 6.92 Å². The first-order valence-electron chi connectivity index (χ1n) is 5.03. The predicted molar refractivity (Wildman–Crippen MR) is 65.2 cm³/mol. The molecule has 0 aliphatic rings. The van der Waals surface area contributed by atoms with Gasteiger partial charge in [-0.1, -0.05) is 29.5 Å². The lowest BCUT2D eigenvalue weighted by Crippen LogP contribution is -1.99. The fourth-order valence-corrected chi connectivity index (χ4v) is 2.28. The highest BCUT2D eigenvalue weighted by Gasteiger charge is 2.04. The van der Waals surface area contributed by atoms with E-state index < -0.39 is 0 Å². The summed E-state index contributed by atoms with van der Waals surface area (Å²) in [5, 5.41) is 0.890. The molecular formula is C12H13N3S. The van der Waals surface area contributed by atoms with Crippen LogP contribution in [0.2, 0.25) is 0 Å². The van der Waals surface area contributed by atoms with E-state index in [-0.39, 0.29) is 0 Å². The third-order valence-corrected chi connectivity index (χ3v) is 3.23. The molecule has 1 aromatic heterocycles. The number of nitrogens with two attached hydrogens (primary N) is 1. The molecule has 82 valence electrons. The first kappa shape index (κ1) is 11.1. The lowest BCUT2D eigenvalue weighted by molar-refractivity contribution is 1.01. The molecule has 2 rings (SSSR count). The monoisotopic (exact) mass is 231 g/mol. The second-order valence-electron chi connectivity index (χ2n) is 3.46. The highest BCUT2D eigenvalue weighted by molar-refractivity contribution is 7.99. The smallest absolute Gasteiger partial charge is 0.119 e. The third kappa shape index (κ3) is 2.59. The zero-order valence-electron chi connectivity index (χ0n) is 9.05. The van der Waals surface area contributed by atoms with Gasteiger partial charge in [-0.25, -0.2) is 4.98 Å². The van der Waals surface area contributed by atoms with Gasteiger partial charge in [-0.05, 0) is 18.6 Å². The van der Waals surface area contributed by atoms with Crippen LogP contribution in [0.25, 0.3) is 0 Å². The van der Waals surface area contributed by atoms with E-state index in [9.17, 15) is 0 Å². The van der Waals surface area contributed by atoms with Gasteiger partial charge in [-0.3, -0.25) is 4.98 Å². The average molecular weight is 231 g/mol. The maximum Gasteiger partial charge on any atom is 0.119 e. The van der Waals surface area contributed by atoms with Crippen molar-refractivity contribution in [2.45, 2.75) is 23.4 Å². The molecule has 0 spiro atoms. The molecular weight excluding hydrogens is 218 g/mol. The van der Waals surface area contributed by atoms with Crippen LogP contribution in [-0.2, 0) is 6.54 Å². The third-order valence-electron chi connectivity index (χ3n) is 2.19. The number of nitrogens with zero attached hydrogens (tertiary/aromatic N) is 2. The molecule has 2 N–H and O–H groups in total. The van der Waals surface area contributed by atoms with Crippen molar-refractivity contribution >= 4 is 11.8 Å². The van der Waals surface area contributed by atoms with Gasteiger partial charge in [0.15, 0.2) is 0 Å². The summed E-state index contributed by atoms with van der Waals surface area (Å²) < 4.78 is 0. The summed E-state index contributed by atoms with van der Waals surface area (Å²) in [6.45, 7) is 2.61. The van der Waals surface area contributed by atoms with E-state index in [1.165, 1.54) is 5.56 Å². The minimum absolute atomic E-state index is 0.546. The molecule has 0 saturated heterocycles. The largest absolute Gasteiger partial charge is 0.326 e. The van der Waals surface area contributed by atoms with Gasteiger partial charge in [-0.15, -0.1) is 0 Å². The maximum atomic E-state index is 5.72. The zero-order chi connectivity index (χ0) is 11.4. The first-order chi connectivity index (χ1) is 7.79. The standard InChI is InChI=1S/C12H13N3S/c1-9-2-3-11(10(6-9)7-13)16-12-8-14-4-5-15-12/h2-6,8H,7,13H2,1H3. The van der Waals surface area contributed by atoms with Crippen LogP contribution < -0.4 is 5.73 Å². The van der Waals surface area contributed by atoms with Crippen molar-refractivity contribution in [3.05, 3.63) is 47.9 Å². The van der Waals surface area contributed by atoms with Gasteiger partial charge in [0.2, 0.25) is 0 Å². The Balaban J connectivity index is 2.28. The second kappa shape index (κ2) is 5.09. The molecule has 0 atom stereocenters. The van der Waals surface area contributed by atoms with Crippen molar-refractivity contribution in [2.24, 2.45) is 5.73 Å². The SMILES string of the molecule is Cc1ccc(Sc2cnccn2)c(CN)c1. The van der Waals surface area contributed by atoms with Crippen molar-refractivity contribution in [3.8, 4) is 0 Å². The zero-order valence-corrected chi connectivity index (χ0v) is 9.87. The fourth-order valence-electron chi connectivity index (χ4n) is 1.42. The van der Waals surface area contributed by atoms with E-state index >= 15 is 0 Å². The molecule has 16 heavy (non-hydrogen) atoms. The Morgan fingerprint density at radius 3 is 2.88 bits per heavy atom. The fraction of sp³-hybridized carbons (Fsp3) is 0.167. The van der Waals surface area contributed by atoms with Crippen molar-refractivity contribution in [2.75, 3.05) is 0 Å². The van der Waals surface area contributed by atoms with Crippen molar-refractivity contribution in [3.63, 3.8) is 0 Å². The van der Waals surface area contributed by atoms with Crippen LogP contribution in [0.1, 0.15) is 11.1 Å². The quantitative estimate of drug-likeness (QED) is 0.881. The number of rotatable bonds is 3. The molecule has 0 saturated carbocycles. The summed E-state index contributed by atoms with van der Waals surface area (Å²) in [7, 11) is 0. The summed E-state index contributed by atoms with van der Waals surface area (Å²) in [5.74, 6) is 0. The molecule has 0 unspecified atom stereocenters. The Bertz CT molecular complexity index is 471. The Kier molecular flexibility index (Phi) is 3.54. The Labute approximate surface area is 99.1 Å². The second-order valence-corrected chi connectivity index (χ2v) is 4.52. The van der Waals surface area contributed by atoms with Crippen LogP contribution in [0.4, 0.5) is 0 Å². The van der Waals surface area contributed by atoms with Crippen LogP contribution in [0.5, 0.6) is 0 Å². The van der Waals surface area contributed by atoms with E-state index in [1.54, 1.807) is 30.4 Å². The molecule has 0 aliphatic carbocycles. The van der Waals surface area contributed by atoms with Gasteiger partial charge < -0.3 is 5.73 Å². The Hall–Kier alpha value is -1.39. The molecule has 0 radical (unpaired) electrons. The summed E-state index contributed by atoms with van der Waals surface area (Å²) >= 11 is 1.59. The van der Waals surface area contributed by atoms with Crippen molar-refractivity contribution < 1.29 is 0 Å². The predicted octanol–water partition coefficient (Wildman–Crippen LogP) is 2.39. The molecule has 0 aliphatic heterocycles. The molecule has 0 fully saturated rings. The first-order valence-corrected chi connectivity index (χ1v) is 5.84. The van der Waals surface area contributed by atoms with Crippen LogP contribution in [0.15, 0.2) is 46.7 Å². The minimum atomic E-state index is 0.546. The topological polar surface area (TPSA) is 51.8 Å². The van der Waals surface area contributed by atoms with Crippen LogP contribution >= 0.6 is 11.8 Å². The van der Waals surface area contributed by atoms with E-state index in [1.807, 2.05) is 0 Å². The van der Waals surface area contributed by atoms with E-state index in [0.717, 1.165) is 15.5 Å². The lowest BCUT2D eigenvalue weighted by Gasteiger charge is -2.07. The Morgan fingerprint density at radius 1 is 1.31 bits per heavy atom. The Morgan fingerprint density at radius 2 is 2.19 bits per heavy atom. The van der Waals surface area contributed by atoms with Gasteiger partial charge in [0.25, 0.3) is 0 Å². The molecule has 3 nitrogen and oxygen atoms in total. The molecule has 1 aromatic carbocycles. The number of aryl methyl sites for hydroxylation is 1. The van der Waals surface area contributed by atoms with Crippen LogP contribution in [0.3, 0.4) is 0 Å². The highest BCUT2D eigenvalue weighted by atomic mass is 32.2. The molecule has 0 amide bonds. The maximum absolute atomic E-state index is 5.72. The number of aromatic nitrogens is 2. The number of benzene rings is 1. The van der Waals surface area contributed by atoms with Crippen molar-refractivity contribution in [1.82, 2.24) is 9.97 Å². The normalized spacial score (nSPS) is 10.4. The summed E-state index contributed by atoms with van der Waals surface area (Å²) in [6, 6.07) is 6.27. The van der Waals surface area contributed by atoms with E-state index in [0.29, 0.717) is 6.54 Å². The summed E-state index contributed by atoms with van der Waals surface area (Å²) in [5.41, 5.74) is 8.10. The molecule has 0 bridgehead atoms. The number of hydrogen-bond donors (Lipinski definition) is 1. The molecule has 4 heteroatoms. The lowest BCUT2D eigenvalue weighted by atomic mass is 10.1. The van der Waals surface area contributed by atoms with Gasteiger partial charge in [0.1, 0.15) is 5.03 Å². The van der Waals surface area contributed by atoms with E-state index in [2.05, 4.69) is 35.1 Å². The van der Waals surface area contributed by atoms with Crippen LogP contribution in [-0.4, -0.2) is 9.97 Å². The minimum Gasteiger partial charge on any atom is -0.326 e. The van der Waals surface area contributed by atoms with Gasteiger partial charge in [0.05, 0.1) is 6.20 Å². The summed E-state index contributed by atoms with van der Waals surface area (Å²) in [4.78, 5) is 9.42. The number of hydrogen-bond acceptors (Lipinski definition) is 4.